The number of fused-ring (bicyclic) bond motifs is 2. The lowest BCUT2D eigenvalue weighted by atomic mass is 10.1. The highest BCUT2D eigenvalue weighted by atomic mass is 16.2. The van der Waals surface area contributed by atoms with Crippen molar-refractivity contribution in [1.29, 1.82) is 0 Å². The summed E-state index contributed by atoms with van der Waals surface area (Å²) in [6, 6.07) is 11.2. The van der Waals surface area contributed by atoms with Crippen molar-refractivity contribution in [3.05, 3.63) is 76.0 Å². The number of hydrogen-bond donors (Lipinski definition) is 1. The molecule has 0 spiro atoms. The molecule has 3 heterocycles. The SMILES string of the molecule is Cc1c(C(=O)NCc2cc3ccccc3n(C)c2=O)cnc2ccnn12. The molecule has 0 unspecified atom stereocenters. The molecule has 0 radical (unpaired) electrons. The Labute approximate surface area is 148 Å². The normalized spacial score (nSPS) is 11.2. The summed E-state index contributed by atoms with van der Waals surface area (Å²) >= 11 is 0. The van der Waals surface area contributed by atoms with Crippen LogP contribution < -0.4 is 10.9 Å². The molecule has 0 saturated heterocycles. The monoisotopic (exact) mass is 347 g/mol. The molecule has 1 amide bonds. The number of amides is 1. The van der Waals surface area contributed by atoms with Crippen molar-refractivity contribution in [2.45, 2.75) is 13.5 Å². The van der Waals surface area contributed by atoms with Crippen molar-refractivity contribution < 1.29 is 4.79 Å². The summed E-state index contributed by atoms with van der Waals surface area (Å²) in [5.41, 5.74) is 3.08. The Bertz CT molecular complexity index is 1210. The van der Waals surface area contributed by atoms with Gasteiger partial charge in [0.05, 0.1) is 23.0 Å². The smallest absolute Gasteiger partial charge is 0.255 e. The lowest BCUT2D eigenvalue weighted by Crippen LogP contribution is -2.30. The Kier molecular flexibility index (Phi) is 3.76. The van der Waals surface area contributed by atoms with Crippen LogP contribution in [0, 0.1) is 6.92 Å². The molecule has 130 valence electrons. The van der Waals surface area contributed by atoms with Gasteiger partial charge in [0, 0.05) is 31.4 Å². The van der Waals surface area contributed by atoms with E-state index >= 15 is 0 Å². The van der Waals surface area contributed by atoms with Crippen LogP contribution in [0.15, 0.2) is 53.6 Å². The number of aryl methyl sites for hydroxylation is 2. The van der Waals surface area contributed by atoms with Gasteiger partial charge in [0.2, 0.25) is 0 Å². The van der Waals surface area contributed by atoms with Crippen LogP contribution >= 0.6 is 0 Å². The van der Waals surface area contributed by atoms with Crippen LogP contribution in [0.4, 0.5) is 0 Å². The molecule has 0 aliphatic heterocycles. The maximum atomic E-state index is 12.6. The van der Waals surface area contributed by atoms with Crippen molar-refractivity contribution in [3.8, 4) is 0 Å². The molecule has 4 aromatic rings. The maximum Gasteiger partial charge on any atom is 0.255 e. The molecule has 7 nitrogen and oxygen atoms in total. The fraction of sp³-hybridized carbons (Fsp3) is 0.158. The predicted molar refractivity (Wildman–Crippen MR) is 98.1 cm³/mol. The topological polar surface area (TPSA) is 81.3 Å². The largest absolute Gasteiger partial charge is 0.348 e. The van der Waals surface area contributed by atoms with Crippen LogP contribution in [0.3, 0.4) is 0 Å². The lowest BCUT2D eigenvalue weighted by Gasteiger charge is -2.11. The first-order valence-corrected chi connectivity index (χ1v) is 8.21. The number of hydrogen-bond acceptors (Lipinski definition) is 4. The Morgan fingerprint density at radius 1 is 1.23 bits per heavy atom. The second-order valence-corrected chi connectivity index (χ2v) is 6.13. The quantitative estimate of drug-likeness (QED) is 0.613. The number of aromatic nitrogens is 4. The Hall–Kier alpha value is -3.48. The molecule has 3 aromatic heterocycles. The van der Waals surface area contributed by atoms with E-state index in [2.05, 4.69) is 15.4 Å². The first-order valence-electron chi connectivity index (χ1n) is 8.21. The van der Waals surface area contributed by atoms with Gasteiger partial charge >= 0.3 is 0 Å². The minimum Gasteiger partial charge on any atom is -0.348 e. The summed E-state index contributed by atoms with van der Waals surface area (Å²) in [5, 5.41) is 7.93. The summed E-state index contributed by atoms with van der Waals surface area (Å²) in [4.78, 5) is 29.3. The van der Waals surface area contributed by atoms with Crippen LogP contribution in [0.2, 0.25) is 0 Å². The Morgan fingerprint density at radius 3 is 2.88 bits per heavy atom. The molecular weight excluding hydrogens is 330 g/mol. The van der Waals surface area contributed by atoms with Gasteiger partial charge in [-0.2, -0.15) is 5.10 Å². The first-order chi connectivity index (χ1) is 12.6. The van der Waals surface area contributed by atoms with Gasteiger partial charge in [-0.25, -0.2) is 9.50 Å². The molecule has 1 aromatic carbocycles. The van der Waals surface area contributed by atoms with E-state index in [1.54, 1.807) is 28.4 Å². The van der Waals surface area contributed by atoms with E-state index in [1.807, 2.05) is 37.3 Å². The average Bonchev–Trinajstić information content (AvgIpc) is 3.13. The number of para-hydroxylation sites is 1. The highest BCUT2D eigenvalue weighted by molar-refractivity contribution is 5.95. The maximum absolute atomic E-state index is 12.6. The van der Waals surface area contributed by atoms with E-state index in [-0.39, 0.29) is 18.0 Å². The molecule has 4 rings (SSSR count). The molecule has 0 atom stereocenters. The second kappa shape index (κ2) is 6.11. The summed E-state index contributed by atoms with van der Waals surface area (Å²) < 4.78 is 3.21. The van der Waals surface area contributed by atoms with Crippen molar-refractivity contribution in [3.63, 3.8) is 0 Å². The van der Waals surface area contributed by atoms with Crippen LogP contribution in [-0.2, 0) is 13.6 Å². The fourth-order valence-electron chi connectivity index (χ4n) is 3.10. The number of nitrogens with one attached hydrogen (secondary N) is 1. The van der Waals surface area contributed by atoms with Gasteiger partial charge in [-0.3, -0.25) is 9.59 Å². The zero-order chi connectivity index (χ0) is 18.3. The number of pyridine rings is 1. The Balaban J connectivity index is 1.63. The van der Waals surface area contributed by atoms with Crippen molar-refractivity contribution in [2.75, 3.05) is 0 Å². The van der Waals surface area contributed by atoms with Crippen LogP contribution in [0.1, 0.15) is 21.6 Å². The van der Waals surface area contributed by atoms with E-state index in [0.717, 1.165) is 10.9 Å². The summed E-state index contributed by atoms with van der Waals surface area (Å²) in [6.07, 6.45) is 3.16. The number of rotatable bonds is 3. The van der Waals surface area contributed by atoms with E-state index in [4.69, 9.17) is 0 Å². The van der Waals surface area contributed by atoms with Crippen LogP contribution in [0.25, 0.3) is 16.6 Å². The minimum absolute atomic E-state index is 0.124. The van der Waals surface area contributed by atoms with E-state index in [9.17, 15) is 9.59 Å². The van der Waals surface area contributed by atoms with Gasteiger partial charge < -0.3 is 9.88 Å². The van der Waals surface area contributed by atoms with E-state index in [0.29, 0.717) is 22.5 Å². The fourth-order valence-corrected chi connectivity index (χ4v) is 3.10. The first kappa shape index (κ1) is 16.0. The summed E-state index contributed by atoms with van der Waals surface area (Å²) in [6.45, 7) is 1.96. The van der Waals surface area contributed by atoms with Gasteiger partial charge in [-0.1, -0.05) is 18.2 Å². The third-order valence-electron chi connectivity index (χ3n) is 4.55. The van der Waals surface area contributed by atoms with Gasteiger partial charge in [-0.05, 0) is 24.4 Å². The zero-order valence-electron chi connectivity index (χ0n) is 14.4. The minimum atomic E-state index is -0.289. The molecule has 7 heteroatoms. The van der Waals surface area contributed by atoms with Crippen LogP contribution in [-0.4, -0.2) is 25.1 Å². The molecule has 0 bridgehead atoms. The van der Waals surface area contributed by atoms with Crippen molar-refractivity contribution in [1.82, 2.24) is 24.5 Å². The zero-order valence-corrected chi connectivity index (χ0v) is 14.4. The molecule has 26 heavy (non-hydrogen) atoms. The molecule has 0 fully saturated rings. The third kappa shape index (κ3) is 2.54. The Morgan fingerprint density at radius 2 is 2.04 bits per heavy atom. The number of carbonyl (C=O) groups is 1. The van der Waals surface area contributed by atoms with E-state index < -0.39 is 0 Å². The van der Waals surface area contributed by atoms with Gasteiger partial charge in [0.1, 0.15) is 0 Å². The van der Waals surface area contributed by atoms with Gasteiger partial charge in [-0.15, -0.1) is 0 Å². The van der Waals surface area contributed by atoms with Gasteiger partial charge in [0.25, 0.3) is 11.5 Å². The number of nitrogens with zero attached hydrogens (tertiary/aromatic N) is 4. The molecule has 0 aliphatic carbocycles. The number of benzene rings is 1. The van der Waals surface area contributed by atoms with Gasteiger partial charge in [0.15, 0.2) is 5.65 Å². The predicted octanol–water partition coefficient (Wildman–Crippen LogP) is 1.82. The average molecular weight is 347 g/mol. The molecule has 0 aliphatic rings. The van der Waals surface area contributed by atoms with Crippen molar-refractivity contribution in [2.24, 2.45) is 7.05 Å². The highest BCUT2D eigenvalue weighted by Gasteiger charge is 2.14. The third-order valence-corrected chi connectivity index (χ3v) is 4.55. The number of carbonyl (C=O) groups excluding carboxylic acids is 1. The van der Waals surface area contributed by atoms with E-state index in [1.165, 1.54) is 6.20 Å². The van der Waals surface area contributed by atoms with Crippen molar-refractivity contribution >= 4 is 22.5 Å². The molecular formula is C19H17N5O2. The lowest BCUT2D eigenvalue weighted by molar-refractivity contribution is 0.0949. The summed E-state index contributed by atoms with van der Waals surface area (Å²) in [7, 11) is 1.73. The molecule has 0 saturated carbocycles. The molecule has 1 N–H and O–H groups in total. The standard InChI is InChI=1S/C19H17N5O2/c1-12-15(11-20-17-7-8-22-24(12)17)18(25)21-10-14-9-13-5-3-4-6-16(13)23(2)19(14)26/h3-9,11H,10H2,1-2H3,(H,21,25). The highest BCUT2D eigenvalue weighted by Crippen LogP contribution is 2.13. The van der Waals surface area contributed by atoms with Crippen LogP contribution in [0.5, 0.6) is 0 Å². The summed E-state index contributed by atoms with van der Waals surface area (Å²) in [5.74, 6) is -0.289. The second-order valence-electron chi connectivity index (χ2n) is 6.13.